The Morgan fingerprint density at radius 3 is 2.75 bits per heavy atom. The predicted molar refractivity (Wildman–Crippen MR) is 83.1 cm³/mol. The van der Waals surface area contributed by atoms with Crippen LogP contribution in [0.2, 0.25) is 0 Å². The van der Waals surface area contributed by atoms with E-state index in [9.17, 15) is 0 Å². The van der Waals surface area contributed by atoms with E-state index in [1.54, 1.807) is 0 Å². The number of nitrogens with zero attached hydrogens (tertiary/aromatic N) is 1. The van der Waals surface area contributed by atoms with E-state index in [-0.39, 0.29) is 0 Å². The molecular weight excluding hydrogens is 252 g/mol. The first-order valence-corrected chi connectivity index (χ1v) is 7.62. The summed E-state index contributed by atoms with van der Waals surface area (Å²) in [5.74, 6) is 1.86. The fourth-order valence-corrected chi connectivity index (χ4v) is 2.53. The van der Waals surface area contributed by atoms with Crippen LogP contribution in [0.1, 0.15) is 27.2 Å². The van der Waals surface area contributed by atoms with Gasteiger partial charge in [-0.25, -0.2) is 0 Å². The number of hydrogen-bond acceptors (Lipinski definition) is 4. The van der Waals surface area contributed by atoms with Crippen molar-refractivity contribution in [1.82, 2.24) is 5.32 Å². The summed E-state index contributed by atoms with van der Waals surface area (Å²) < 4.78 is 11.4. The maximum atomic E-state index is 5.77. The van der Waals surface area contributed by atoms with E-state index in [1.165, 1.54) is 0 Å². The molecule has 0 saturated carbocycles. The Balaban J connectivity index is 2.23. The molecule has 1 aliphatic rings. The average Bonchev–Trinajstić information content (AvgIpc) is 2.66. The minimum Gasteiger partial charge on any atom is -0.494 e. The molecule has 0 bridgehead atoms. The van der Waals surface area contributed by atoms with Gasteiger partial charge in [-0.2, -0.15) is 0 Å². The standard InChI is InChI=1S/C16H26N2O2/c1-4-19-14-6-7-16(20-5-2)15(12-14)18-10-8-13(3)17-9-11-18/h6-7,12-13,17H,4-5,8-11H2,1-3H3. The SMILES string of the molecule is CCOc1ccc(OCC)c(N2CCNC(C)CC2)c1. The van der Waals surface area contributed by atoms with Gasteiger partial charge in [0.1, 0.15) is 11.5 Å². The zero-order valence-electron chi connectivity index (χ0n) is 12.8. The van der Waals surface area contributed by atoms with E-state index >= 15 is 0 Å². The number of benzene rings is 1. The topological polar surface area (TPSA) is 33.7 Å². The summed E-state index contributed by atoms with van der Waals surface area (Å²) in [7, 11) is 0. The first-order valence-electron chi connectivity index (χ1n) is 7.62. The molecule has 1 saturated heterocycles. The van der Waals surface area contributed by atoms with Crippen molar-refractivity contribution < 1.29 is 9.47 Å². The normalized spacial score (nSPS) is 19.6. The van der Waals surface area contributed by atoms with E-state index < -0.39 is 0 Å². The van der Waals surface area contributed by atoms with Crippen molar-refractivity contribution in [3.05, 3.63) is 18.2 Å². The Hall–Kier alpha value is -1.42. The number of hydrogen-bond donors (Lipinski definition) is 1. The second-order valence-corrected chi connectivity index (χ2v) is 5.13. The van der Waals surface area contributed by atoms with Crippen molar-refractivity contribution in [3.8, 4) is 11.5 Å². The van der Waals surface area contributed by atoms with Crippen LogP contribution in [0, 0.1) is 0 Å². The largest absolute Gasteiger partial charge is 0.494 e. The molecule has 1 unspecified atom stereocenters. The van der Waals surface area contributed by atoms with Gasteiger partial charge in [-0.05, 0) is 39.3 Å². The first-order chi connectivity index (χ1) is 9.74. The predicted octanol–water partition coefficient (Wildman–Crippen LogP) is 2.67. The number of rotatable bonds is 5. The zero-order valence-corrected chi connectivity index (χ0v) is 12.8. The monoisotopic (exact) mass is 278 g/mol. The van der Waals surface area contributed by atoms with Crippen molar-refractivity contribution in [2.75, 3.05) is 37.7 Å². The van der Waals surface area contributed by atoms with Gasteiger partial charge in [0.05, 0.1) is 18.9 Å². The van der Waals surface area contributed by atoms with Crippen LogP contribution >= 0.6 is 0 Å². The van der Waals surface area contributed by atoms with Gasteiger partial charge in [0.25, 0.3) is 0 Å². The van der Waals surface area contributed by atoms with Crippen molar-refractivity contribution >= 4 is 5.69 Å². The molecule has 0 aromatic heterocycles. The fraction of sp³-hybridized carbons (Fsp3) is 0.625. The molecule has 1 heterocycles. The van der Waals surface area contributed by atoms with Crippen LogP contribution in [0.4, 0.5) is 5.69 Å². The smallest absolute Gasteiger partial charge is 0.142 e. The molecule has 0 spiro atoms. The third kappa shape index (κ3) is 3.79. The second kappa shape index (κ2) is 7.39. The van der Waals surface area contributed by atoms with Gasteiger partial charge < -0.3 is 19.7 Å². The van der Waals surface area contributed by atoms with Crippen molar-refractivity contribution in [1.29, 1.82) is 0 Å². The molecular formula is C16H26N2O2. The molecule has 1 N–H and O–H groups in total. The van der Waals surface area contributed by atoms with Crippen LogP contribution in [-0.2, 0) is 0 Å². The van der Waals surface area contributed by atoms with E-state index in [0.717, 1.165) is 43.2 Å². The van der Waals surface area contributed by atoms with Crippen molar-refractivity contribution in [2.45, 2.75) is 33.2 Å². The third-order valence-corrected chi connectivity index (χ3v) is 3.59. The maximum Gasteiger partial charge on any atom is 0.142 e. The maximum absolute atomic E-state index is 5.77. The summed E-state index contributed by atoms with van der Waals surface area (Å²) >= 11 is 0. The Morgan fingerprint density at radius 2 is 2.00 bits per heavy atom. The molecule has 1 aromatic rings. The third-order valence-electron chi connectivity index (χ3n) is 3.59. The van der Waals surface area contributed by atoms with Gasteiger partial charge in [0, 0.05) is 31.7 Å². The minimum absolute atomic E-state index is 0.575. The zero-order chi connectivity index (χ0) is 14.4. The van der Waals surface area contributed by atoms with E-state index in [1.807, 2.05) is 26.0 Å². The van der Waals surface area contributed by atoms with Crippen molar-refractivity contribution in [3.63, 3.8) is 0 Å². The summed E-state index contributed by atoms with van der Waals surface area (Å²) in [5.41, 5.74) is 1.15. The Labute approximate surface area is 122 Å². The minimum atomic E-state index is 0.575. The molecule has 0 aliphatic carbocycles. The molecule has 1 atom stereocenters. The van der Waals surface area contributed by atoms with E-state index in [2.05, 4.69) is 23.2 Å². The molecule has 112 valence electrons. The lowest BCUT2D eigenvalue weighted by atomic mass is 10.2. The highest BCUT2D eigenvalue weighted by atomic mass is 16.5. The lowest BCUT2D eigenvalue weighted by Gasteiger charge is -2.25. The van der Waals surface area contributed by atoms with Gasteiger partial charge in [-0.15, -0.1) is 0 Å². The Bertz CT molecular complexity index is 423. The van der Waals surface area contributed by atoms with Gasteiger partial charge in [-0.1, -0.05) is 0 Å². The Kier molecular flexibility index (Phi) is 5.53. The summed E-state index contributed by atoms with van der Waals surface area (Å²) in [4.78, 5) is 2.39. The molecule has 2 rings (SSSR count). The molecule has 1 aromatic carbocycles. The molecule has 4 nitrogen and oxygen atoms in total. The lowest BCUT2D eigenvalue weighted by Crippen LogP contribution is -2.29. The number of anilines is 1. The van der Waals surface area contributed by atoms with Crippen LogP contribution in [0.3, 0.4) is 0 Å². The second-order valence-electron chi connectivity index (χ2n) is 5.13. The molecule has 1 aliphatic heterocycles. The molecule has 0 amide bonds. The van der Waals surface area contributed by atoms with Crippen LogP contribution < -0.4 is 19.7 Å². The van der Waals surface area contributed by atoms with Gasteiger partial charge in [0.2, 0.25) is 0 Å². The summed E-state index contributed by atoms with van der Waals surface area (Å²) in [5, 5.41) is 3.52. The van der Waals surface area contributed by atoms with Gasteiger partial charge >= 0.3 is 0 Å². The molecule has 20 heavy (non-hydrogen) atoms. The number of nitrogens with one attached hydrogen (secondary N) is 1. The summed E-state index contributed by atoms with van der Waals surface area (Å²) in [6, 6.07) is 6.68. The molecule has 0 radical (unpaired) electrons. The average molecular weight is 278 g/mol. The molecule has 1 fully saturated rings. The fourth-order valence-electron chi connectivity index (χ4n) is 2.53. The van der Waals surface area contributed by atoms with E-state index in [4.69, 9.17) is 9.47 Å². The molecule has 4 heteroatoms. The van der Waals surface area contributed by atoms with E-state index in [0.29, 0.717) is 19.3 Å². The quantitative estimate of drug-likeness (QED) is 0.898. The summed E-state index contributed by atoms with van der Waals surface area (Å²) in [6.45, 7) is 10.7. The highest BCUT2D eigenvalue weighted by molar-refractivity contribution is 5.61. The Morgan fingerprint density at radius 1 is 1.20 bits per heavy atom. The lowest BCUT2D eigenvalue weighted by molar-refractivity contribution is 0.330. The van der Waals surface area contributed by atoms with Crippen LogP contribution in [0.25, 0.3) is 0 Å². The van der Waals surface area contributed by atoms with Crippen LogP contribution in [0.15, 0.2) is 18.2 Å². The highest BCUT2D eigenvalue weighted by Crippen LogP contribution is 2.33. The van der Waals surface area contributed by atoms with Gasteiger partial charge in [0.15, 0.2) is 0 Å². The summed E-state index contributed by atoms with van der Waals surface area (Å²) in [6.07, 6.45) is 1.14. The van der Waals surface area contributed by atoms with Gasteiger partial charge in [-0.3, -0.25) is 0 Å². The first kappa shape index (κ1) is 15.0. The van der Waals surface area contributed by atoms with Crippen molar-refractivity contribution in [2.24, 2.45) is 0 Å². The number of ether oxygens (including phenoxy) is 2. The highest BCUT2D eigenvalue weighted by Gasteiger charge is 2.17. The van der Waals surface area contributed by atoms with Crippen LogP contribution in [0.5, 0.6) is 11.5 Å². The van der Waals surface area contributed by atoms with Crippen LogP contribution in [-0.4, -0.2) is 38.9 Å².